The summed E-state index contributed by atoms with van der Waals surface area (Å²) in [6, 6.07) is 0.366. The first-order valence-electron chi connectivity index (χ1n) is 7.98. The van der Waals surface area contributed by atoms with Crippen molar-refractivity contribution in [1.29, 1.82) is 0 Å². The van der Waals surface area contributed by atoms with Crippen LogP contribution in [-0.4, -0.2) is 64.7 Å². The number of rotatable bonds is 5. The van der Waals surface area contributed by atoms with Crippen LogP contribution in [0.2, 0.25) is 0 Å². The van der Waals surface area contributed by atoms with Crippen molar-refractivity contribution in [2.75, 3.05) is 26.7 Å². The first-order chi connectivity index (χ1) is 10.5. The second-order valence-corrected chi connectivity index (χ2v) is 6.53. The molecule has 2 atom stereocenters. The molecule has 1 aromatic rings. The van der Waals surface area contributed by atoms with E-state index in [2.05, 4.69) is 27.0 Å². The Kier molecular flexibility index (Phi) is 4.44. The normalized spacial score (nSPS) is 26.3. The number of carbonyl (C=O) groups excluding carboxylic acids is 1. The summed E-state index contributed by atoms with van der Waals surface area (Å²) in [5.74, 6) is 1.60. The molecule has 0 aromatic carbocycles. The van der Waals surface area contributed by atoms with Gasteiger partial charge < -0.3 is 9.26 Å². The summed E-state index contributed by atoms with van der Waals surface area (Å²) in [5, 5.41) is 4.04. The van der Waals surface area contributed by atoms with Crippen LogP contribution < -0.4 is 0 Å². The summed E-state index contributed by atoms with van der Waals surface area (Å²) in [4.78, 5) is 20.6. The second-order valence-electron chi connectivity index (χ2n) is 6.53. The van der Waals surface area contributed by atoms with E-state index in [1.165, 1.54) is 0 Å². The number of likely N-dealkylation sites (tertiary alicyclic amines) is 1. The molecule has 3 rings (SSSR count). The lowest BCUT2D eigenvalue weighted by Gasteiger charge is -2.24. The summed E-state index contributed by atoms with van der Waals surface area (Å²) in [5.41, 5.74) is 0. The van der Waals surface area contributed by atoms with Crippen LogP contribution in [-0.2, 0) is 16.1 Å². The number of carbonyl (C=O) groups is 1. The largest absolute Gasteiger partial charge is 0.464 e. The third-order valence-corrected chi connectivity index (χ3v) is 4.54. The average Bonchev–Trinajstić information content (AvgIpc) is 3.17. The van der Waals surface area contributed by atoms with Crippen LogP contribution in [0.1, 0.15) is 44.3 Å². The zero-order valence-electron chi connectivity index (χ0n) is 13.5. The molecule has 0 spiro atoms. The Hall–Kier alpha value is -1.47. The molecule has 7 nitrogen and oxygen atoms in total. The predicted molar refractivity (Wildman–Crippen MR) is 79.2 cm³/mol. The highest BCUT2D eigenvalue weighted by Gasteiger charge is 2.37. The Morgan fingerprint density at radius 1 is 1.41 bits per heavy atom. The van der Waals surface area contributed by atoms with Gasteiger partial charge in [-0.3, -0.25) is 14.6 Å². The summed E-state index contributed by atoms with van der Waals surface area (Å²) in [6.07, 6.45) is 1.87. The van der Waals surface area contributed by atoms with Crippen molar-refractivity contribution >= 4 is 5.97 Å². The summed E-state index contributed by atoms with van der Waals surface area (Å²) in [7, 11) is 2.08. The minimum absolute atomic E-state index is 0.0453. The molecule has 0 radical (unpaired) electrons. The van der Waals surface area contributed by atoms with E-state index in [1.54, 1.807) is 0 Å². The van der Waals surface area contributed by atoms with Crippen LogP contribution in [0.3, 0.4) is 0 Å². The van der Waals surface area contributed by atoms with Crippen molar-refractivity contribution in [1.82, 2.24) is 19.9 Å². The molecule has 2 aliphatic rings. The van der Waals surface area contributed by atoms with E-state index in [0.29, 0.717) is 25.1 Å². The first kappa shape index (κ1) is 15.4. The average molecular weight is 308 g/mol. The van der Waals surface area contributed by atoms with Crippen LogP contribution in [0.15, 0.2) is 4.52 Å². The highest BCUT2D eigenvalue weighted by Crippen LogP contribution is 2.23. The third-order valence-electron chi connectivity index (χ3n) is 4.54. The molecule has 0 amide bonds. The first-order valence-corrected chi connectivity index (χ1v) is 7.98. The van der Waals surface area contributed by atoms with Gasteiger partial charge in [0, 0.05) is 31.5 Å². The van der Waals surface area contributed by atoms with Crippen molar-refractivity contribution in [3.05, 3.63) is 11.7 Å². The Bertz CT molecular complexity index is 531. The zero-order chi connectivity index (χ0) is 15.7. The summed E-state index contributed by atoms with van der Waals surface area (Å²) >= 11 is 0. The Morgan fingerprint density at radius 2 is 2.23 bits per heavy atom. The number of ether oxygens (including phenoxy) is 1. The molecule has 0 saturated carbocycles. The van der Waals surface area contributed by atoms with E-state index in [0.717, 1.165) is 31.8 Å². The van der Waals surface area contributed by atoms with Gasteiger partial charge in [-0.2, -0.15) is 4.98 Å². The van der Waals surface area contributed by atoms with Crippen LogP contribution in [0.25, 0.3) is 0 Å². The fourth-order valence-corrected chi connectivity index (χ4v) is 3.15. The SMILES string of the molecule is CC(C)c1nc(CN(C)[C@H]2CCN([C@H]3CCOC3=O)C2)no1. The highest BCUT2D eigenvalue weighted by atomic mass is 16.5. The van der Waals surface area contributed by atoms with E-state index in [9.17, 15) is 4.79 Å². The molecule has 0 bridgehead atoms. The van der Waals surface area contributed by atoms with Crippen LogP contribution >= 0.6 is 0 Å². The number of likely N-dealkylation sites (N-methyl/N-ethyl adjacent to an activating group) is 1. The summed E-state index contributed by atoms with van der Waals surface area (Å²) < 4.78 is 10.3. The Balaban J connectivity index is 1.54. The zero-order valence-corrected chi connectivity index (χ0v) is 13.5. The maximum atomic E-state index is 11.7. The number of cyclic esters (lactones) is 1. The molecule has 2 fully saturated rings. The molecule has 3 heterocycles. The van der Waals surface area contributed by atoms with Gasteiger partial charge in [0.05, 0.1) is 13.2 Å². The fourth-order valence-electron chi connectivity index (χ4n) is 3.15. The number of aromatic nitrogens is 2. The van der Waals surface area contributed by atoms with Crippen molar-refractivity contribution in [3.8, 4) is 0 Å². The van der Waals surface area contributed by atoms with Gasteiger partial charge in [0.15, 0.2) is 5.82 Å². The summed E-state index contributed by atoms with van der Waals surface area (Å²) in [6.45, 7) is 7.14. The minimum atomic E-state index is -0.0666. The van der Waals surface area contributed by atoms with Crippen LogP contribution in [0.5, 0.6) is 0 Å². The van der Waals surface area contributed by atoms with Crippen molar-refractivity contribution in [2.24, 2.45) is 0 Å². The van der Waals surface area contributed by atoms with E-state index in [1.807, 2.05) is 13.8 Å². The maximum absolute atomic E-state index is 11.7. The molecule has 0 unspecified atom stereocenters. The fraction of sp³-hybridized carbons (Fsp3) is 0.800. The molecule has 122 valence electrons. The smallest absolute Gasteiger partial charge is 0.323 e. The van der Waals surface area contributed by atoms with E-state index >= 15 is 0 Å². The maximum Gasteiger partial charge on any atom is 0.323 e. The minimum Gasteiger partial charge on any atom is -0.464 e. The van der Waals surface area contributed by atoms with E-state index < -0.39 is 0 Å². The molecular weight excluding hydrogens is 284 g/mol. The van der Waals surface area contributed by atoms with E-state index in [4.69, 9.17) is 9.26 Å². The van der Waals surface area contributed by atoms with Crippen molar-refractivity contribution in [3.63, 3.8) is 0 Å². The molecule has 2 aliphatic heterocycles. The monoisotopic (exact) mass is 308 g/mol. The van der Waals surface area contributed by atoms with Crippen molar-refractivity contribution in [2.45, 2.75) is 51.2 Å². The lowest BCUT2D eigenvalue weighted by Crippen LogP contribution is -2.40. The predicted octanol–water partition coefficient (Wildman–Crippen LogP) is 1.01. The van der Waals surface area contributed by atoms with Crippen LogP contribution in [0, 0.1) is 0 Å². The molecule has 0 aliphatic carbocycles. The van der Waals surface area contributed by atoms with Crippen molar-refractivity contribution < 1.29 is 14.1 Å². The van der Waals surface area contributed by atoms with Gasteiger partial charge in [0.1, 0.15) is 6.04 Å². The van der Waals surface area contributed by atoms with Gasteiger partial charge >= 0.3 is 5.97 Å². The lowest BCUT2D eigenvalue weighted by atomic mass is 10.2. The van der Waals surface area contributed by atoms with Gasteiger partial charge in [-0.25, -0.2) is 0 Å². The lowest BCUT2D eigenvalue weighted by molar-refractivity contribution is -0.142. The molecular formula is C15H24N4O3. The quantitative estimate of drug-likeness (QED) is 0.752. The number of hydrogen-bond acceptors (Lipinski definition) is 7. The van der Waals surface area contributed by atoms with Gasteiger partial charge in [-0.1, -0.05) is 19.0 Å². The van der Waals surface area contributed by atoms with Crippen LogP contribution in [0.4, 0.5) is 0 Å². The van der Waals surface area contributed by atoms with Gasteiger partial charge in [-0.05, 0) is 13.5 Å². The third kappa shape index (κ3) is 3.15. The molecule has 1 aromatic heterocycles. The van der Waals surface area contributed by atoms with Gasteiger partial charge in [0.2, 0.25) is 5.89 Å². The number of hydrogen-bond donors (Lipinski definition) is 0. The van der Waals surface area contributed by atoms with Gasteiger partial charge in [-0.15, -0.1) is 0 Å². The van der Waals surface area contributed by atoms with E-state index in [-0.39, 0.29) is 17.9 Å². The second kappa shape index (κ2) is 6.34. The molecule has 0 N–H and O–H groups in total. The topological polar surface area (TPSA) is 71.7 Å². The number of nitrogens with zero attached hydrogens (tertiary/aromatic N) is 4. The molecule has 22 heavy (non-hydrogen) atoms. The molecule has 2 saturated heterocycles. The highest BCUT2D eigenvalue weighted by molar-refractivity contribution is 5.77. The Labute approximate surface area is 130 Å². The standard InChI is InChI=1S/C15H24N4O3/c1-10(2)14-16-13(17-22-14)9-18(3)11-4-6-19(8-11)12-5-7-21-15(12)20/h10-12H,4-9H2,1-3H3/t11-,12-/m0/s1. The van der Waals surface area contributed by atoms with Gasteiger partial charge in [0.25, 0.3) is 0 Å². The number of esters is 1. The molecule has 7 heteroatoms. The Morgan fingerprint density at radius 3 is 2.86 bits per heavy atom.